The maximum Gasteiger partial charge on any atom is 0.274 e. The van der Waals surface area contributed by atoms with Crippen molar-refractivity contribution in [2.75, 3.05) is 0 Å². The highest BCUT2D eigenvalue weighted by Gasteiger charge is 2.34. The first-order valence-electron chi connectivity index (χ1n) is 11.8. The van der Waals surface area contributed by atoms with Gasteiger partial charge in [-0.3, -0.25) is 10.1 Å². The van der Waals surface area contributed by atoms with Crippen molar-refractivity contribution < 1.29 is 13.3 Å². The minimum absolute atomic E-state index is 0.00919. The van der Waals surface area contributed by atoms with Crippen LogP contribution in [-0.2, 0) is 9.84 Å². The largest absolute Gasteiger partial charge is 0.351 e. The van der Waals surface area contributed by atoms with Gasteiger partial charge in [-0.1, -0.05) is 56.2 Å². The molecule has 1 aromatic carbocycles. The summed E-state index contributed by atoms with van der Waals surface area (Å²) in [4.78, 5) is 15.0. The molecule has 0 radical (unpaired) electrons. The second-order valence-electron chi connectivity index (χ2n) is 9.30. The third kappa shape index (κ3) is 4.68. The average Bonchev–Trinajstić information content (AvgIpc) is 3.24. The summed E-state index contributed by atoms with van der Waals surface area (Å²) in [5.74, 6) is 0.186. The van der Waals surface area contributed by atoms with Crippen molar-refractivity contribution >= 4 is 15.5 Å². The number of nitro groups is 1. The van der Waals surface area contributed by atoms with Crippen LogP contribution in [0.1, 0.15) is 86.8 Å². The molecule has 2 fully saturated rings. The Morgan fingerprint density at radius 2 is 1.59 bits per heavy atom. The zero-order chi connectivity index (χ0) is 22.7. The zero-order valence-corrected chi connectivity index (χ0v) is 19.5. The van der Waals surface area contributed by atoms with Crippen molar-refractivity contribution in [3.8, 4) is 0 Å². The molecule has 0 amide bonds. The first-order chi connectivity index (χ1) is 15.4. The molecule has 0 saturated heterocycles. The number of aryl methyl sites for hydroxylation is 1. The molecular formula is C25H32N2O4S. The minimum atomic E-state index is -3.81. The molecule has 32 heavy (non-hydrogen) atoms. The van der Waals surface area contributed by atoms with Gasteiger partial charge in [0.15, 0.2) is 0 Å². The van der Waals surface area contributed by atoms with Crippen LogP contribution in [-0.4, -0.2) is 18.3 Å². The molecule has 7 heteroatoms. The van der Waals surface area contributed by atoms with Crippen LogP contribution in [0.15, 0.2) is 46.5 Å². The maximum atomic E-state index is 13.6. The van der Waals surface area contributed by atoms with E-state index in [0.29, 0.717) is 11.1 Å². The lowest BCUT2D eigenvalue weighted by Gasteiger charge is -2.23. The van der Waals surface area contributed by atoms with E-state index in [-0.39, 0.29) is 32.4 Å². The average molecular weight is 457 g/mol. The molecule has 2 aromatic rings. The molecule has 1 N–H and O–H groups in total. The molecule has 4 rings (SSSR count). The molecule has 0 unspecified atom stereocenters. The lowest BCUT2D eigenvalue weighted by Crippen LogP contribution is -2.14. The minimum Gasteiger partial charge on any atom is -0.351 e. The molecule has 0 aliphatic heterocycles. The molecular weight excluding hydrogens is 424 g/mol. The van der Waals surface area contributed by atoms with Gasteiger partial charge in [0, 0.05) is 11.8 Å². The molecule has 0 spiro atoms. The van der Waals surface area contributed by atoms with Crippen LogP contribution in [0.3, 0.4) is 0 Å². The van der Waals surface area contributed by atoms with E-state index in [2.05, 4.69) is 4.98 Å². The van der Waals surface area contributed by atoms with E-state index in [0.717, 1.165) is 63.4 Å². The van der Waals surface area contributed by atoms with Gasteiger partial charge in [-0.2, -0.15) is 0 Å². The van der Waals surface area contributed by atoms with E-state index >= 15 is 0 Å². The SMILES string of the molecule is Cc1ccc(S(=O)(=O)c2[nH]cc(/C(=C/C3CCCCC3)[N+](=O)[O-])c2C2CCCCC2)cc1. The predicted octanol–water partition coefficient (Wildman–Crippen LogP) is 6.40. The summed E-state index contributed by atoms with van der Waals surface area (Å²) in [6.07, 6.45) is 13.5. The highest BCUT2D eigenvalue weighted by atomic mass is 32.2. The first-order valence-corrected chi connectivity index (χ1v) is 13.3. The molecule has 2 saturated carbocycles. The number of benzene rings is 1. The van der Waals surface area contributed by atoms with Crippen LogP contribution in [0.25, 0.3) is 5.70 Å². The van der Waals surface area contributed by atoms with Gasteiger partial charge in [-0.15, -0.1) is 0 Å². The lowest BCUT2D eigenvalue weighted by atomic mass is 9.82. The summed E-state index contributed by atoms with van der Waals surface area (Å²) in [7, 11) is -3.81. The second kappa shape index (κ2) is 9.61. The third-order valence-electron chi connectivity index (χ3n) is 7.01. The Bertz CT molecular complexity index is 1090. The van der Waals surface area contributed by atoms with E-state index in [4.69, 9.17) is 0 Å². The summed E-state index contributed by atoms with van der Waals surface area (Å²) >= 11 is 0. The Hall–Kier alpha value is -2.41. The van der Waals surface area contributed by atoms with Gasteiger partial charge >= 0.3 is 0 Å². The fraction of sp³-hybridized carbons (Fsp3) is 0.520. The summed E-state index contributed by atoms with van der Waals surface area (Å²) < 4.78 is 27.2. The van der Waals surface area contributed by atoms with E-state index in [9.17, 15) is 18.5 Å². The number of H-pyrrole nitrogens is 1. The Morgan fingerprint density at radius 1 is 1.00 bits per heavy atom. The molecule has 172 valence electrons. The quantitative estimate of drug-likeness (QED) is 0.402. The summed E-state index contributed by atoms with van der Waals surface area (Å²) in [6, 6.07) is 6.79. The number of aromatic amines is 1. The number of rotatable bonds is 6. The first kappa shape index (κ1) is 22.8. The standard InChI is InChI=1S/C25H32N2O4S/c1-18-12-14-21(15-13-18)32(30,31)25-24(20-10-6-3-7-11-20)22(17-26-25)23(27(28)29)16-19-8-4-2-5-9-19/h12-17,19-20,26H,2-11H2,1H3/b23-16-. The zero-order valence-electron chi connectivity index (χ0n) is 18.7. The lowest BCUT2D eigenvalue weighted by molar-refractivity contribution is -0.375. The van der Waals surface area contributed by atoms with Crippen LogP contribution in [0.4, 0.5) is 0 Å². The Labute approximate surface area is 190 Å². The molecule has 0 atom stereocenters. The number of allylic oxidation sites excluding steroid dienone is 1. The van der Waals surface area contributed by atoms with Crippen molar-refractivity contribution in [3.63, 3.8) is 0 Å². The second-order valence-corrected chi connectivity index (χ2v) is 11.2. The van der Waals surface area contributed by atoms with Crippen molar-refractivity contribution in [1.29, 1.82) is 0 Å². The van der Waals surface area contributed by atoms with Crippen LogP contribution in [0.5, 0.6) is 0 Å². The summed E-state index contributed by atoms with van der Waals surface area (Å²) in [5, 5.41) is 12.3. The van der Waals surface area contributed by atoms with Gasteiger partial charge in [0.1, 0.15) is 5.03 Å². The number of nitrogens with one attached hydrogen (secondary N) is 1. The van der Waals surface area contributed by atoms with Crippen molar-refractivity contribution in [2.24, 2.45) is 5.92 Å². The Kier molecular flexibility index (Phi) is 6.84. The van der Waals surface area contributed by atoms with Gasteiger partial charge in [0.05, 0.1) is 15.4 Å². The number of aromatic nitrogens is 1. The Morgan fingerprint density at radius 3 is 2.19 bits per heavy atom. The van der Waals surface area contributed by atoms with Crippen LogP contribution >= 0.6 is 0 Å². The van der Waals surface area contributed by atoms with E-state index in [1.54, 1.807) is 36.5 Å². The number of sulfone groups is 1. The highest BCUT2D eigenvalue weighted by Crippen LogP contribution is 2.42. The van der Waals surface area contributed by atoms with Gasteiger partial charge in [-0.25, -0.2) is 8.42 Å². The van der Waals surface area contributed by atoms with Gasteiger partial charge < -0.3 is 4.98 Å². The van der Waals surface area contributed by atoms with E-state index in [1.165, 1.54) is 6.42 Å². The van der Waals surface area contributed by atoms with E-state index in [1.807, 2.05) is 6.92 Å². The van der Waals surface area contributed by atoms with Crippen LogP contribution in [0.2, 0.25) is 0 Å². The van der Waals surface area contributed by atoms with Crippen molar-refractivity contribution in [1.82, 2.24) is 4.98 Å². The highest BCUT2D eigenvalue weighted by molar-refractivity contribution is 7.91. The van der Waals surface area contributed by atoms with Gasteiger partial charge in [0.25, 0.3) is 5.70 Å². The Balaban J connectivity index is 1.84. The number of hydrogen-bond donors (Lipinski definition) is 1. The topological polar surface area (TPSA) is 93.1 Å². The number of nitrogens with zero attached hydrogens (tertiary/aromatic N) is 1. The van der Waals surface area contributed by atoms with Crippen molar-refractivity contribution in [3.05, 3.63) is 63.3 Å². The summed E-state index contributed by atoms with van der Waals surface area (Å²) in [5.41, 5.74) is 2.11. The summed E-state index contributed by atoms with van der Waals surface area (Å²) in [6.45, 7) is 1.91. The van der Waals surface area contributed by atoms with Crippen molar-refractivity contribution in [2.45, 2.75) is 87.0 Å². The molecule has 0 bridgehead atoms. The molecule has 2 aliphatic rings. The molecule has 2 aliphatic carbocycles. The van der Waals surface area contributed by atoms with E-state index < -0.39 is 9.84 Å². The van der Waals surface area contributed by atoms with Gasteiger partial charge in [0.2, 0.25) is 9.84 Å². The van der Waals surface area contributed by atoms with Gasteiger partial charge in [-0.05, 0) is 62.7 Å². The smallest absolute Gasteiger partial charge is 0.274 e. The fourth-order valence-electron chi connectivity index (χ4n) is 5.25. The third-order valence-corrected chi connectivity index (χ3v) is 8.78. The fourth-order valence-corrected chi connectivity index (χ4v) is 6.77. The predicted molar refractivity (Wildman–Crippen MR) is 125 cm³/mol. The number of hydrogen-bond acceptors (Lipinski definition) is 4. The maximum absolute atomic E-state index is 13.6. The van der Waals surface area contributed by atoms with Crippen LogP contribution in [0, 0.1) is 23.0 Å². The molecule has 6 nitrogen and oxygen atoms in total. The van der Waals surface area contributed by atoms with Crippen LogP contribution < -0.4 is 0 Å². The molecule has 1 heterocycles. The normalized spacial score (nSPS) is 19.2. The molecule has 1 aromatic heterocycles. The monoisotopic (exact) mass is 456 g/mol.